The van der Waals surface area contributed by atoms with E-state index in [-0.39, 0.29) is 17.5 Å². The van der Waals surface area contributed by atoms with Crippen molar-refractivity contribution in [1.82, 2.24) is 5.32 Å². The molecule has 1 atom stereocenters. The number of rotatable bonds is 3. The van der Waals surface area contributed by atoms with E-state index in [1.54, 1.807) is 0 Å². The van der Waals surface area contributed by atoms with Crippen LogP contribution in [0, 0.1) is 0 Å². The topological polar surface area (TPSA) is 49.4 Å². The van der Waals surface area contributed by atoms with E-state index in [0.29, 0.717) is 13.1 Å². The molecule has 0 aliphatic carbocycles. The number of hydrogen-bond acceptors (Lipinski definition) is 4. The van der Waals surface area contributed by atoms with E-state index in [0.717, 1.165) is 10.2 Å². The highest BCUT2D eigenvalue weighted by atomic mass is 79.9. The molecule has 6 heteroatoms. The predicted octanol–water partition coefficient (Wildman–Crippen LogP) is 1.96. The summed E-state index contributed by atoms with van der Waals surface area (Å²) in [4.78, 5) is 2.12. The largest absolute Gasteiger partial charge is 0.369 e. The highest BCUT2D eigenvalue weighted by Gasteiger charge is 2.22. The van der Waals surface area contributed by atoms with Gasteiger partial charge in [-0.05, 0) is 31.7 Å². The molecule has 1 aromatic carbocycles. The van der Waals surface area contributed by atoms with Crippen molar-refractivity contribution in [2.24, 2.45) is 0 Å². The third kappa shape index (κ3) is 3.49. The molecule has 0 spiro atoms. The van der Waals surface area contributed by atoms with Gasteiger partial charge in [-0.25, -0.2) is 8.42 Å². The number of benzene rings is 1. The van der Waals surface area contributed by atoms with Crippen molar-refractivity contribution in [2.45, 2.75) is 13.0 Å². The minimum absolute atomic E-state index is 0.249. The first-order chi connectivity index (χ1) is 8.93. The lowest BCUT2D eigenvalue weighted by atomic mass is 10.1. The highest BCUT2D eigenvalue weighted by molar-refractivity contribution is 9.10. The van der Waals surface area contributed by atoms with Crippen LogP contribution in [0.2, 0.25) is 0 Å². The van der Waals surface area contributed by atoms with Gasteiger partial charge in [-0.15, -0.1) is 0 Å². The van der Waals surface area contributed by atoms with E-state index >= 15 is 0 Å². The predicted molar refractivity (Wildman–Crippen MR) is 82.5 cm³/mol. The van der Waals surface area contributed by atoms with Crippen molar-refractivity contribution in [3.8, 4) is 0 Å². The summed E-state index contributed by atoms with van der Waals surface area (Å²) in [5.74, 6) is 0.499. The van der Waals surface area contributed by atoms with Crippen LogP contribution in [0.5, 0.6) is 0 Å². The number of sulfone groups is 1. The molecule has 106 valence electrons. The Morgan fingerprint density at radius 2 is 1.95 bits per heavy atom. The van der Waals surface area contributed by atoms with Gasteiger partial charge in [-0.3, -0.25) is 0 Å². The lowest BCUT2D eigenvalue weighted by Gasteiger charge is -2.29. The molecule has 1 aliphatic heterocycles. The molecule has 0 bridgehead atoms. The van der Waals surface area contributed by atoms with Gasteiger partial charge in [0.15, 0.2) is 9.84 Å². The molecule has 1 heterocycles. The molecule has 0 saturated carbocycles. The maximum absolute atomic E-state index is 11.4. The Morgan fingerprint density at radius 1 is 1.32 bits per heavy atom. The molecule has 0 radical (unpaired) electrons. The fourth-order valence-electron chi connectivity index (χ4n) is 2.19. The molecule has 1 N–H and O–H groups in total. The van der Waals surface area contributed by atoms with Gasteiger partial charge in [0.25, 0.3) is 0 Å². The van der Waals surface area contributed by atoms with E-state index in [4.69, 9.17) is 0 Å². The van der Waals surface area contributed by atoms with Gasteiger partial charge in [-0.2, -0.15) is 0 Å². The zero-order valence-corrected chi connectivity index (χ0v) is 13.6. The first kappa shape index (κ1) is 14.8. The average molecular weight is 347 g/mol. The zero-order valence-electron chi connectivity index (χ0n) is 11.2. The van der Waals surface area contributed by atoms with Crippen molar-refractivity contribution in [1.29, 1.82) is 0 Å². The summed E-state index contributed by atoms with van der Waals surface area (Å²) in [6.07, 6.45) is 0. The average Bonchev–Trinajstić information content (AvgIpc) is 2.37. The van der Waals surface area contributed by atoms with Crippen LogP contribution < -0.4 is 10.2 Å². The summed E-state index contributed by atoms with van der Waals surface area (Å²) in [5.41, 5.74) is 2.28. The Morgan fingerprint density at radius 3 is 2.47 bits per heavy atom. The lowest BCUT2D eigenvalue weighted by molar-refractivity contribution is 0.587. The molecular weight excluding hydrogens is 328 g/mol. The fourth-order valence-corrected chi connectivity index (χ4v) is 4.10. The van der Waals surface area contributed by atoms with Crippen molar-refractivity contribution >= 4 is 31.5 Å². The second kappa shape index (κ2) is 5.81. The van der Waals surface area contributed by atoms with Crippen molar-refractivity contribution in [2.75, 3.05) is 36.5 Å². The molecule has 0 aromatic heterocycles. The van der Waals surface area contributed by atoms with Crippen LogP contribution >= 0.6 is 15.9 Å². The third-order valence-electron chi connectivity index (χ3n) is 3.59. The summed E-state index contributed by atoms with van der Waals surface area (Å²) < 4.78 is 23.9. The number of halogens is 1. The summed E-state index contributed by atoms with van der Waals surface area (Å²) in [7, 11) is -0.892. The second-order valence-corrected chi connectivity index (χ2v) is 8.01. The van der Waals surface area contributed by atoms with Crippen LogP contribution in [-0.2, 0) is 9.84 Å². The molecule has 1 saturated heterocycles. The molecule has 1 aliphatic rings. The number of hydrogen-bond donors (Lipinski definition) is 1. The molecule has 1 fully saturated rings. The Balaban J connectivity index is 2.17. The molecule has 4 nitrogen and oxygen atoms in total. The van der Waals surface area contributed by atoms with Crippen LogP contribution in [0.1, 0.15) is 18.5 Å². The smallest absolute Gasteiger partial charge is 0.153 e. The van der Waals surface area contributed by atoms with Crippen LogP contribution in [-0.4, -0.2) is 40.1 Å². The fraction of sp³-hybridized carbons (Fsp3) is 0.538. The monoisotopic (exact) mass is 346 g/mol. The van der Waals surface area contributed by atoms with Crippen LogP contribution in [0.4, 0.5) is 5.69 Å². The van der Waals surface area contributed by atoms with Gasteiger partial charge >= 0.3 is 0 Å². The molecular formula is C13H19BrN2O2S. The summed E-state index contributed by atoms with van der Waals surface area (Å²) in [5, 5.41) is 3.21. The van der Waals surface area contributed by atoms with Crippen molar-refractivity contribution in [3.05, 3.63) is 28.2 Å². The highest BCUT2D eigenvalue weighted by Crippen LogP contribution is 2.28. The molecule has 1 aromatic rings. The maximum atomic E-state index is 11.4. The van der Waals surface area contributed by atoms with E-state index in [9.17, 15) is 8.42 Å². The Bertz CT molecular complexity index is 546. The third-order valence-corrected chi connectivity index (χ3v) is 5.89. The molecule has 0 amide bonds. The van der Waals surface area contributed by atoms with E-state index in [1.807, 2.05) is 7.05 Å². The summed E-state index contributed by atoms with van der Waals surface area (Å²) >= 11 is 3.59. The minimum atomic E-state index is -2.82. The quantitative estimate of drug-likeness (QED) is 0.908. The number of anilines is 1. The molecule has 2 rings (SSSR count). The molecule has 1 unspecified atom stereocenters. The van der Waals surface area contributed by atoms with Gasteiger partial charge in [0, 0.05) is 29.3 Å². The maximum Gasteiger partial charge on any atom is 0.153 e. The number of nitrogens with one attached hydrogen (secondary N) is 1. The minimum Gasteiger partial charge on any atom is -0.369 e. The van der Waals surface area contributed by atoms with E-state index in [2.05, 4.69) is 51.3 Å². The number of nitrogens with zero attached hydrogens (tertiary/aromatic N) is 1. The van der Waals surface area contributed by atoms with Crippen LogP contribution in [0.15, 0.2) is 22.7 Å². The SMILES string of the molecule is CNC(C)c1ccc(N2CCS(=O)(=O)CC2)cc1Br. The van der Waals surface area contributed by atoms with Crippen molar-refractivity contribution < 1.29 is 8.42 Å². The normalized spacial score (nSPS) is 20.3. The Labute approximate surface area is 123 Å². The van der Waals surface area contributed by atoms with Gasteiger partial charge in [0.1, 0.15) is 0 Å². The van der Waals surface area contributed by atoms with E-state index < -0.39 is 9.84 Å². The lowest BCUT2D eigenvalue weighted by Crippen LogP contribution is -2.40. The van der Waals surface area contributed by atoms with Crippen LogP contribution in [0.25, 0.3) is 0 Å². The van der Waals surface area contributed by atoms with Gasteiger partial charge in [0.05, 0.1) is 11.5 Å². The van der Waals surface area contributed by atoms with Gasteiger partial charge < -0.3 is 10.2 Å². The van der Waals surface area contributed by atoms with Gasteiger partial charge in [0.2, 0.25) is 0 Å². The molecule has 19 heavy (non-hydrogen) atoms. The zero-order chi connectivity index (χ0) is 14.0. The first-order valence-corrected chi connectivity index (χ1v) is 8.96. The van der Waals surface area contributed by atoms with Crippen LogP contribution in [0.3, 0.4) is 0 Å². The Hall–Kier alpha value is -0.590. The standard InChI is InChI=1S/C13H19BrN2O2S/c1-10(15-2)12-4-3-11(9-13(12)14)16-5-7-19(17,18)8-6-16/h3-4,9-10,15H,5-8H2,1-2H3. The van der Waals surface area contributed by atoms with E-state index in [1.165, 1.54) is 5.56 Å². The Kier molecular flexibility index (Phi) is 4.53. The summed E-state index contributed by atoms with van der Waals surface area (Å²) in [6.45, 7) is 3.26. The second-order valence-electron chi connectivity index (χ2n) is 4.86. The van der Waals surface area contributed by atoms with Crippen molar-refractivity contribution in [3.63, 3.8) is 0 Å². The summed E-state index contributed by atoms with van der Waals surface area (Å²) in [6, 6.07) is 6.50. The first-order valence-electron chi connectivity index (χ1n) is 6.35. The van der Waals surface area contributed by atoms with Gasteiger partial charge in [-0.1, -0.05) is 22.0 Å².